The van der Waals surface area contributed by atoms with Gasteiger partial charge in [0.25, 0.3) is 5.56 Å². The summed E-state index contributed by atoms with van der Waals surface area (Å²) in [4.78, 5) is 25.2. The highest BCUT2D eigenvalue weighted by atomic mass is 19.1. The van der Waals surface area contributed by atoms with Crippen LogP contribution < -0.4 is 15.6 Å². The molecule has 28 heavy (non-hydrogen) atoms. The molecule has 0 fully saturated rings. The Morgan fingerprint density at radius 1 is 1.14 bits per heavy atom. The van der Waals surface area contributed by atoms with E-state index in [4.69, 9.17) is 4.74 Å². The van der Waals surface area contributed by atoms with E-state index in [1.165, 1.54) is 31.4 Å². The standard InChI is InChI=1S/C21H18FN3O3/c1-28-14-7-8-15(16(22)12-14)18-9-11-20(26)25(24-18)19-10-6-13-4-2-3-5-17(13)23-21(19)27/h2-5,7-9,11-12,19H,6,10H2,1H3,(H,23,27). The zero-order valence-corrected chi connectivity index (χ0v) is 15.2. The van der Waals surface area contributed by atoms with Gasteiger partial charge in [-0.05, 0) is 42.7 Å². The number of benzene rings is 2. The van der Waals surface area contributed by atoms with E-state index < -0.39 is 17.4 Å². The van der Waals surface area contributed by atoms with Crippen molar-refractivity contribution in [3.05, 3.63) is 76.3 Å². The monoisotopic (exact) mass is 379 g/mol. The molecule has 2 heterocycles. The average Bonchev–Trinajstić information content (AvgIpc) is 2.87. The first kappa shape index (κ1) is 17.9. The lowest BCUT2D eigenvalue weighted by Gasteiger charge is -2.16. The minimum Gasteiger partial charge on any atom is -0.497 e. The van der Waals surface area contributed by atoms with Crippen LogP contribution >= 0.6 is 0 Å². The fourth-order valence-corrected chi connectivity index (χ4v) is 3.36. The first-order valence-electron chi connectivity index (χ1n) is 8.89. The van der Waals surface area contributed by atoms with Crippen molar-refractivity contribution in [2.45, 2.75) is 18.9 Å². The van der Waals surface area contributed by atoms with Crippen molar-refractivity contribution in [3.8, 4) is 17.0 Å². The Morgan fingerprint density at radius 2 is 1.96 bits per heavy atom. The zero-order valence-electron chi connectivity index (χ0n) is 15.2. The molecule has 0 aliphatic carbocycles. The van der Waals surface area contributed by atoms with Crippen molar-refractivity contribution < 1.29 is 13.9 Å². The first-order valence-corrected chi connectivity index (χ1v) is 8.89. The third kappa shape index (κ3) is 3.26. The Balaban J connectivity index is 1.72. The molecule has 0 saturated carbocycles. The number of fused-ring (bicyclic) bond motifs is 1. The smallest absolute Gasteiger partial charge is 0.267 e. The van der Waals surface area contributed by atoms with Gasteiger partial charge in [0.15, 0.2) is 0 Å². The summed E-state index contributed by atoms with van der Waals surface area (Å²) in [6.07, 6.45) is 1.04. The van der Waals surface area contributed by atoms with Gasteiger partial charge < -0.3 is 10.1 Å². The average molecular weight is 379 g/mol. The van der Waals surface area contributed by atoms with Crippen LogP contribution in [0.1, 0.15) is 18.0 Å². The van der Waals surface area contributed by atoms with Crippen LogP contribution in [0.25, 0.3) is 11.3 Å². The molecule has 0 radical (unpaired) electrons. The number of aromatic nitrogens is 2. The molecule has 142 valence electrons. The van der Waals surface area contributed by atoms with Crippen LogP contribution in [0.4, 0.5) is 10.1 Å². The number of anilines is 1. The maximum Gasteiger partial charge on any atom is 0.267 e. The van der Waals surface area contributed by atoms with Crippen LogP contribution in [0, 0.1) is 5.82 Å². The number of aryl methyl sites for hydroxylation is 1. The third-order valence-electron chi connectivity index (χ3n) is 4.84. The number of carbonyl (C=O) groups is 1. The minimum atomic E-state index is -0.777. The summed E-state index contributed by atoms with van der Waals surface area (Å²) in [5.74, 6) is -0.447. The second-order valence-corrected chi connectivity index (χ2v) is 6.55. The van der Waals surface area contributed by atoms with Crippen molar-refractivity contribution in [1.29, 1.82) is 0 Å². The highest BCUT2D eigenvalue weighted by Gasteiger charge is 2.27. The maximum atomic E-state index is 14.4. The number of halogens is 1. The quantitative estimate of drug-likeness (QED) is 0.759. The lowest BCUT2D eigenvalue weighted by atomic mass is 10.1. The van der Waals surface area contributed by atoms with E-state index in [0.29, 0.717) is 18.6 Å². The normalized spacial score (nSPS) is 16.1. The largest absolute Gasteiger partial charge is 0.497 e. The molecule has 6 nitrogen and oxygen atoms in total. The first-order chi connectivity index (χ1) is 13.6. The van der Waals surface area contributed by atoms with E-state index in [1.54, 1.807) is 6.07 Å². The summed E-state index contributed by atoms with van der Waals surface area (Å²) in [6, 6.07) is 13.9. The number of methoxy groups -OCH3 is 1. The second-order valence-electron chi connectivity index (χ2n) is 6.55. The molecule has 2 aromatic carbocycles. The Labute approximate surface area is 160 Å². The maximum absolute atomic E-state index is 14.4. The van der Waals surface area contributed by atoms with Gasteiger partial charge >= 0.3 is 0 Å². The SMILES string of the molecule is COc1ccc(-c2ccc(=O)n(C3CCc4ccccc4NC3=O)n2)c(F)c1. The van der Waals surface area contributed by atoms with E-state index in [2.05, 4.69) is 10.4 Å². The second kappa shape index (κ2) is 7.26. The number of para-hydroxylation sites is 1. The minimum absolute atomic E-state index is 0.229. The summed E-state index contributed by atoms with van der Waals surface area (Å²) in [5, 5.41) is 7.15. The van der Waals surface area contributed by atoms with E-state index in [1.807, 2.05) is 24.3 Å². The molecule has 1 aliphatic heterocycles. The molecule has 1 unspecified atom stereocenters. The van der Waals surface area contributed by atoms with Crippen molar-refractivity contribution >= 4 is 11.6 Å². The van der Waals surface area contributed by atoms with Crippen molar-refractivity contribution in [2.24, 2.45) is 0 Å². The molecule has 1 aromatic heterocycles. The van der Waals surface area contributed by atoms with Gasteiger partial charge in [-0.15, -0.1) is 0 Å². The Bertz CT molecular complexity index is 1110. The molecule has 7 heteroatoms. The molecule has 1 aliphatic rings. The predicted octanol–water partition coefficient (Wildman–Crippen LogP) is 3.18. The van der Waals surface area contributed by atoms with Gasteiger partial charge in [0.05, 0.1) is 12.8 Å². The van der Waals surface area contributed by atoms with E-state index in [0.717, 1.165) is 15.9 Å². The molecule has 0 saturated heterocycles. The number of hydrogen-bond acceptors (Lipinski definition) is 4. The number of carbonyl (C=O) groups excluding carboxylic acids is 1. The Morgan fingerprint density at radius 3 is 2.75 bits per heavy atom. The molecule has 4 rings (SSSR count). The third-order valence-corrected chi connectivity index (χ3v) is 4.84. The van der Waals surface area contributed by atoms with Crippen LogP contribution in [0.15, 0.2) is 59.4 Å². The molecule has 0 spiro atoms. The fourth-order valence-electron chi connectivity index (χ4n) is 3.36. The van der Waals surface area contributed by atoms with Crippen molar-refractivity contribution in [2.75, 3.05) is 12.4 Å². The number of ether oxygens (including phenoxy) is 1. The van der Waals surface area contributed by atoms with Crippen molar-refractivity contribution in [1.82, 2.24) is 9.78 Å². The molecule has 1 amide bonds. The summed E-state index contributed by atoms with van der Waals surface area (Å²) >= 11 is 0. The highest BCUT2D eigenvalue weighted by molar-refractivity contribution is 5.95. The Hall–Kier alpha value is -3.48. The highest BCUT2D eigenvalue weighted by Crippen LogP contribution is 2.27. The molecule has 0 bridgehead atoms. The van der Waals surface area contributed by atoms with Gasteiger partial charge in [0.2, 0.25) is 5.91 Å². The van der Waals surface area contributed by atoms with Gasteiger partial charge in [-0.2, -0.15) is 5.10 Å². The number of nitrogens with one attached hydrogen (secondary N) is 1. The topological polar surface area (TPSA) is 73.2 Å². The van der Waals surface area contributed by atoms with Gasteiger partial charge in [0, 0.05) is 23.4 Å². The van der Waals surface area contributed by atoms with E-state index in [9.17, 15) is 14.0 Å². The van der Waals surface area contributed by atoms with Gasteiger partial charge in [-0.3, -0.25) is 9.59 Å². The van der Waals surface area contributed by atoms with Gasteiger partial charge in [-0.25, -0.2) is 9.07 Å². The molecule has 3 aromatic rings. The van der Waals surface area contributed by atoms with Crippen LogP contribution in [-0.2, 0) is 11.2 Å². The van der Waals surface area contributed by atoms with Crippen LogP contribution in [0.3, 0.4) is 0 Å². The molecule has 1 atom stereocenters. The summed E-state index contributed by atoms with van der Waals surface area (Å²) in [7, 11) is 1.45. The number of hydrogen-bond donors (Lipinski definition) is 1. The Kier molecular flexibility index (Phi) is 4.65. The molecular formula is C21H18FN3O3. The van der Waals surface area contributed by atoms with Gasteiger partial charge in [0.1, 0.15) is 17.6 Å². The lowest BCUT2D eigenvalue weighted by molar-refractivity contribution is -0.119. The summed E-state index contributed by atoms with van der Waals surface area (Å²) in [5.41, 5.74) is 1.83. The lowest BCUT2D eigenvalue weighted by Crippen LogP contribution is -2.34. The molecular weight excluding hydrogens is 361 g/mol. The van der Waals surface area contributed by atoms with Crippen LogP contribution in [0.2, 0.25) is 0 Å². The predicted molar refractivity (Wildman–Crippen MR) is 103 cm³/mol. The van der Waals surface area contributed by atoms with E-state index >= 15 is 0 Å². The number of amides is 1. The summed E-state index contributed by atoms with van der Waals surface area (Å²) in [6.45, 7) is 0. The van der Waals surface area contributed by atoms with Gasteiger partial charge in [-0.1, -0.05) is 18.2 Å². The number of nitrogens with zero attached hydrogens (tertiary/aromatic N) is 2. The zero-order chi connectivity index (χ0) is 19.7. The summed E-state index contributed by atoms with van der Waals surface area (Å²) < 4.78 is 20.6. The van der Waals surface area contributed by atoms with Crippen molar-refractivity contribution in [3.63, 3.8) is 0 Å². The number of rotatable bonds is 3. The fraction of sp³-hybridized carbons (Fsp3) is 0.190. The molecule has 1 N–H and O–H groups in total. The van der Waals surface area contributed by atoms with E-state index in [-0.39, 0.29) is 17.2 Å². The van der Waals surface area contributed by atoms with Crippen LogP contribution in [0.5, 0.6) is 5.75 Å². The van der Waals surface area contributed by atoms with Crippen LogP contribution in [-0.4, -0.2) is 22.8 Å².